The molecule has 0 bridgehead atoms. The lowest BCUT2D eigenvalue weighted by Gasteiger charge is -2.26. The molecule has 1 N–H and O–H groups in total. The van der Waals surface area contributed by atoms with E-state index >= 15 is 0 Å². The number of rotatable bonds is 8. The third kappa shape index (κ3) is 5.93. The number of nitrogens with one attached hydrogen (secondary N) is 1. The average Bonchev–Trinajstić information content (AvgIpc) is 2.47. The molecule has 3 heteroatoms. The molecule has 1 saturated heterocycles. The Kier molecular flexibility index (Phi) is 6.89. The van der Waals surface area contributed by atoms with E-state index in [4.69, 9.17) is 4.74 Å². The molecule has 1 aliphatic heterocycles. The van der Waals surface area contributed by atoms with Gasteiger partial charge in [-0.25, -0.2) is 0 Å². The average molecular weight is 276 g/mol. The van der Waals surface area contributed by atoms with Gasteiger partial charge in [0.1, 0.15) is 5.75 Å². The molecule has 0 aromatic heterocycles. The van der Waals surface area contributed by atoms with E-state index < -0.39 is 0 Å². The lowest BCUT2D eigenvalue weighted by molar-refractivity contribution is 0.228. The largest absolute Gasteiger partial charge is 0.494 e. The third-order valence-corrected chi connectivity index (χ3v) is 3.81. The van der Waals surface area contributed by atoms with Crippen molar-refractivity contribution in [3.63, 3.8) is 0 Å². The Hall–Kier alpha value is -1.06. The van der Waals surface area contributed by atoms with Crippen molar-refractivity contribution in [3.05, 3.63) is 29.8 Å². The van der Waals surface area contributed by atoms with E-state index in [-0.39, 0.29) is 0 Å². The highest BCUT2D eigenvalue weighted by atomic mass is 16.5. The summed E-state index contributed by atoms with van der Waals surface area (Å²) in [6, 6.07) is 8.25. The first-order valence-electron chi connectivity index (χ1n) is 7.97. The molecule has 3 nitrogen and oxygen atoms in total. The minimum atomic E-state index is 0.792. The van der Waals surface area contributed by atoms with Crippen molar-refractivity contribution in [1.82, 2.24) is 10.2 Å². The molecule has 0 amide bonds. The SMILES string of the molecule is Cc1cccc(OCCCNCCN2CCCCC2)c1. The van der Waals surface area contributed by atoms with Crippen molar-refractivity contribution in [2.24, 2.45) is 0 Å². The summed E-state index contributed by atoms with van der Waals surface area (Å²) < 4.78 is 5.73. The highest BCUT2D eigenvalue weighted by Gasteiger charge is 2.08. The monoisotopic (exact) mass is 276 g/mol. The predicted molar refractivity (Wildman–Crippen MR) is 84.5 cm³/mol. The highest BCUT2D eigenvalue weighted by Crippen LogP contribution is 2.12. The number of hydrogen-bond donors (Lipinski definition) is 1. The van der Waals surface area contributed by atoms with Gasteiger partial charge in [0.15, 0.2) is 0 Å². The van der Waals surface area contributed by atoms with Crippen molar-refractivity contribution in [1.29, 1.82) is 0 Å². The first-order chi connectivity index (χ1) is 9.84. The van der Waals surface area contributed by atoms with Gasteiger partial charge < -0.3 is 15.0 Å². The Labute approximate surface area is 123 Å². The van der Waals surface area contributed by atoms with Crippen LogP contribution in [0, 0.1) is 6.92 Å². The fourth-order valence-electron chi connectivity index (χ4n) is 2.64. The normalized spacial score (nSPS) is 16.2. The fourth-order valence-corrected chi connectivity index (χ4v) is 2.64. The zero-order valence-corrected chi connectivity index (χ0v) is 12.7. The van der Waals surface area contributed by atoms with Crippen LogP contribution in [0.4, 0.5) is 0 Å². The maximum absolute atomic E-state index is 5.73. The van der Waals surface area contributed by atoms with Gasteiger partial charge in [0, 0.05) is 13.1 Å². The minimum Gasteiger partial charge on any atom is -0.494 e. The minimum absolute atomic E-state index is 0.792. The molecule has 0 spiro atoms. The summed E-state index contributed by atoms with van der Waals surface area (Å²) in [5, 5.41) is 3.51. The van der Waals surface area contributed by atoms with Gasteiger partial charge >= 0.3 is 0 Å². The van der Waals surface area contributed by atoms with Gasteiger partial charge in [-0.15, -0.1) is 0 Å². The standard InChI is InChI=1S/C17H28N2O/c1-16-7-5-8-17(15-16)20-14-6-9-18-10-13-19-11-3-2-4-12-19/h5,7-8,15,18H,2-4,6,9-14H2,1H3. The third-order valence-electron chi connectivity index (χ3n) is 3.81. The van der Waals surface area contributed by atoms with Gasteiger partial charge in [0.2, 0.25) is 0 Å². The maximum Gasteiger partial charge on any atom is 0.119 e. The fraction of sp³-hybridized carbons (Fsp3) is 0.647. The Morgan fingerprint density at radius 3 is 2.80 bits per heavy atom. The van der Waals surface area contributed by atoms with E-state index in [1.165, 1.54) is 44.5 Å². The molecule has 0 saturated carbocycles. The quantitative estimate of drug-likeness (QED) is 0.739. The molecule has 1 aliphatic rings. The second-order valence-corrected chi connectivity index (χ2v) is 5.67. The van der Waals surface area contributed by atoms with Gasteiger partial charge in [-0.1, -0.05) is 18.6 Å². The zero-order chi connectivity index (χ0) is 14.0. The van der Waals surface area contributed by atoms with Crippen LogP contribution in [0.5, 0.6) is 5.75 Å². The molecule has 0 unspecified atom stereocenters. The molecule has 0 atom stereocenters. The van der Waals surface area contributed by atoms with Gasteiger partial charge in [-0.3, -0.25) is 0 Å². The summed E-state index contributed by atoms with van der Waals surface area (Å²) in [5.41, 5.74) is 1.25. The van der Waals surface area contributed by atoms with E-state index in [0.29, 0.717) is 0 Å². The molecule has 0 aliphatic carbocycles. The molecule has 1 fully saturated rings. The summed E-state index contributed by atoms with van der Waals surface area (Å²) in [4.78, 5) is 2.57. The van der Waals surface area contributed by atoms with Crippen LogP contribution < -0.4 is 10.1 Å². The molecule has 1 heterocycles. The van der Waals surface area contributed by atoms with Crippen LogP contribution in [0.3, 0.4) is 0 Å². The first kappa shape index (κ1) is 15.3. The number of aryl methyl sites for hydroxylation is 1. The van der Waals surface area contributed by atoms with Crippen molar-refractivity contribution in [2.45, 2.75) is 32.6 Å². The molecule has 112 valence electrons. The summed E-state index contributed by atoms with van der Waals surface area (Å²) in [6.45, 7) is 8.80. The second-order valence-electron chi connectivity index (χ2n) is 5.67. The second kappa shape index (κ2) is 8.98. The van der Waals surface area contributed by atoms with E-state index in [0.717, 1.165) is 31.9 Å². The topological polar surface area (TPSA) is 24.5 Å². The van der Waals surface area contributed by atoms with Crippen LogP contribution in [0.2, 0.25) is 0 Å². The van der Waals surface area contributed by atoms with Crippen molar-refractivity contribution < 1.29 is 4.74 Å². The lowest BCUT2D eigenvalue weighted by atomic mass is 10.1. The molecule has 20 heavy (non-hydrogen) atoms. The van der Waals surface area contributed by atoms with Crippen LogP contribution >= 0.6 is 0 Å². The Bertz CT molecular complexity index is 375. The number of benzene rings is 1. The molecule has 1 aromatic carbocycles. The van der Waals surface area contributed by atoms with Gasteiger partial charge in [0.25, 0.3) is 0 Å². The van der Waals surface area contributed by atoms with Crippen LogP contribution in [0.1, 0.15) is 31.2 Å². The van der Waals surface area contributed by atoms with E-state index in [1.807, 2.05) is 12.1 Å². The van der Waals surface area contributed by atoms with Gasteiger partial charge in [-0.05, 0) is 63.5 Å². The number of ether oxygens (including phenoxy) is 1. The van der Waals surface area contributed by atoms with Crippen molar-refractivity contribution in [3.8, 4) is 5.75 Å². The van der Waals surface area contributed by atoms with E-state index in [1.54, 1.807) is 0 Å². The zero-order valence-electron chi connectivity index (χ0n) is 12.7. The summed E-state index contributed by atoms with van der Waals surface area (Å²) in [6.07, 6.45) is 5.24. The molecule has 1 aromatic rings. The summed E-state index contributed by atoms with van der Waals surface area (Å²) in [7, 11) is 0. The number of hydrogen-bond acceptors (Lipinski definition) is 3. The van der Waals surface area contributed by atoms with Crippen LogP contribution in [0.15, 0.2) is 24.3 Å². The molecule has 2 rings (SSSR count). The Morgan fingerprint density at radius 1 is 1.15 bits per heavy atom. The van der Waals surface area contributed by atoms with E-state index in [9.17, 15) is 0 Å². The smallest absolute Gasteiger partial charge is 0.119 e. The number of piperidine rings is 1. The van der Waals surface area contributed by atoms with Gasteiger partial charge in [0.05, 0.1) is 6.61 Å². The van der Waals surface area contributed by atoms with Crippen molar-refractivity contribution >= 4 is 0 Å². The highest BCUT2D eigenvalue weighted by molar-refractivity contribution is 5.27. The van der Waals surface area contributed by atoms with Crippen LogP contribution in [-0.4, -0.2) is 44.2 Å². The summed E-state index contributed by atoms with van der Waals surface area (Å²) >= 11 is 0. The Morgan fingerprint density at radius 2 is 2.00 bits per heavy atom. The Balaban J connectivity index is 1.45. The van der Waals surface area contributed by atoms with E-state index in [2.05, 4.69) is 29.3 Å². The maximum atomic E-state index is 5.73. The molecular formula is C17H28N2O. The molecule has 0 radical (unpaired) electrons. The van der Waals surface area contributed by atoms with Crippen LogP contribution in [-0.2, 0) is 0 Å². The lowest BCUT2D eigenvalue weighted by Crippen LogP contribution is -2.36. The summed E-state index contributed by atoms with van der Waals surface area (Å²) in [5.74, 6) is 0.985. The van der Waals surface area contributed by atoms with Gasteiger partial charge in [-0.2, -0.15) is 0 Å². The number of likely N-dealkylation sites (tertiary alicyclic amines) is 1. The predicted octanol–water partition coefficient (Wildman–Crippen LogP) is 2.84. The van der Waals surface area contributed by atoms with Crippen molar-refractivity contribution in [2.75, 3.05) is 39.3 Å². The number of nitrogens with zero attached hydrogens (tertiary/aromatic N) is 1. The molecular weight excluding hydrogens is 248 g/mol. The first-order valence-corrected chi connectivity index (χ1v) is 7.97. The van der Waals surface area contributed by atoms with Crippen LogP contribution in [0.25, 0.3) is 0 Å².